The summed E-state index contributed by atoms with van der Waals surface area (Å²) in [5, 5.41) is 13.4. The highest BCUT2D eigenvalue weighted by Gasteiger charge is 2.42. The molecule has 0 radical (unpaired) electrons. The van der Waals surface area contributed by atoms with Gasteiger partial charge < -0.3 is 20.1 Å². The zero-order chi connectivity index (χ0) is 21.1. The number of urea groups is 1. The van der Waals surface area contributed by atoms with Crippen LogP contribution in [-0.2, 0) is 9.53 Å². The molecule has 2 heterocycles. The van der Waals surface area contributed by atoms with E-state index < -0.39 is 6.10 Å². The molecule has 2 saturated heterocycles. The van der Waals surface area contributed by atoms with Crippen molar-refractivity contribution < 1.29 is 19.4 Å². The van der Waals surface area contributed by atoms with Crippen LogP contribution in [0.4, 0.5) is 4.79 Å². The third-order valence-corrected chi connectivity index (χ3v) is 6.93. The number of carbonyl (C=O) groups excluding carboxylic acids is 2. The molecule has 2 aliphatic heterocycles. The molecule has 3 atom stereocenters. The maximum atomic E-state index is 12.8. The molecular weight excluding hydrogens is 382 g/mol. The van der Waals surface area contributed by atoms with Gasteiger partial charge in [0.15, 0.2) is 0 Å². The number of aliphatic hydroxyl groups excluding tert-OH is 1. The number of benzene rings is 1. The molecule has 164 valence electrons. The Kier molecular flexibility index (Phi) is 6.41. The number of imide groups is 1. The molecule has 1 saturated carbocycles. The molecule has 7 heteroatoms. The second-order valence-electron chi connectivity index (χ2n) is 9.13. The molecule has 1 unspecified atom stereocenters. The maximum Gasteiger partial charge on any atom is 0.326 e. The van der Waals surface area contributed by atoms with E-state index in [2.05, 4.69) is 35.6 Å². The maximum absolute atomic E-state index is 12.8. The van der Waals surface area contributed by atoms with Gasteiger partial charge in [0.05, 0.1) is 19.1 Å². The molecule has 3 aliphatic rings. The lowest BCUT2D eigenvalue weighted by atomic mass is 9.79. The summed E-state index contributed by atoms with van der Waals surface area (Å²) in [6.07, 6.45) is 2.76. The summed E-state index contributed by atoms with van der Waals surface area (Å²) in [6, 6.07) is 10.9. The number of likely N-dealkylation sites (tertiary alicyclic amines) is 2. The average molecular weight is 416 g/mol. The van der Waals surface area contributed by atoms with Crippen molar-refractivity contribution in [1.82, 2.24) is 15.1 Å². The van der Waals surface area contributed by atoms with Crippen LogP contribution in [0.1, 0.15) is 43.6 Å². The molecule has 0 bridgehead atoms. The zero-order valence-corrected chi connectivity index (χ0v) is 17.8. The van der Waals surface area contributed by atoms with Crippen molar-refractivity contribution in [2.45, 2.75) is 50.2 Å². The summed E-state index contributed by atoms with van der Waals surface area (Å²) in [5.74, 6) is 0.322. The minimum absolute atomic E-state index is 0.0114. The van der Waals surface area contributed by atoms with Crippen molar-refractivity contribution in [3.05, 3.63) is 35.9 Å². The normalized spacial score (nSPS) is 28.5. The minimum Gasteiger partial charge on any atom is -0.393 e. The molecule has 1 aromatic rings. The van der Waals surface area contributed by atoms with Gasteiger partial charge in [-0.05, 0) is 31.2 Å². The van der Waals surface area contributed by atoms with Crippen LogP contribution < -0.4 is 5.32 Å². The topological polar surface area (TPSA) is 82.1 Å². The average Bonchev–Trinajstić information content (AvgIpc) is 3.53. The Labute approximate surface area is 178 Å². The third kappa shape index (κ3) is 4.68. The first-order valence-electron chi connectivity index (χ1n) is 11.1. The van der Waals surface area contributed by atoms with E-state index in [0.717, 1.165) is 19.4 Å². The number of methoxy groups -OCH3 is 1. The van der Waals surface area contributed by atoms with Gasteiger partial charge in [-0.1, -0.05) is 30.3 Å². The number of ether oxygens (including phenoxy) is 1. The summed E-state index contributed by atoms with van der Waals surface area (Å²) >= 11 is 0. The van der Waals surface area contributed by atoms with E-state index in [-0.39, 0.29) is 23.8 Å². The van der Waals surface area contributed by atoms with Crippen molar-refractivity contribution in [3.8, 4) is 0 Å². The number of piperidine rings is 2. The third-order valence-electron chi connectivity index (χ3n) is 6.93. The van der Waals surface area contributed by atoms with E-state index in [1.165, 1.54) is 16.9 Å². The summed E-state index contributed by atoms with van der Waals surface area (Å²) < 4.78 is 5.55. The second kappa shape index (κ2) is 9.04. The number of nitrogens with zero attached hydrogens (tertiary/aromatic N) is 2. The van der Waals surface area contributed by atoms with Gasteiger partial charge in [-0.2, -0.15) is 0 Å². The SMILES string of the molecule is COCC1(CN[C@@H]2C[C@H]2c2ccccc2)CCN(C(=O)N2CCC(O)CC2=O)CC1. The van der Waals surface area contributed by atoms with Gasteiger partial charge in [-0.3, -0.25) is 9.69 Å². The van der Waals surface area contributed by atoms with Crippen LogP contribution in [0.3, 0.4) is 0 Å². The van der Waals surface area contributed by atoms with E-state index in [9.17, 15) is 14.7 Å². The van der Waals surface area contributed by atoms with E-state index >= 15 is 0 Å². The standard InChI is InChI=1S/C23H33N3O4/c1-30-16-23(15-24-20-14-19(20)17-5-3-2-4-6-17)8-11-25(12-9-23)22(29)26-10-7-18(27)13-21(26)28/h2-6,18-20,24,27H,7-16H2,1H3/t18?,19-,20+/m0/s1. The number of carbonyl (C=O) groups is 2. The van der Waals surface area contributed by atoms with Crippen molar-refractivity contribution in [2.75, 3.05) is 39.9 Å². The van der Waals surface area contributed by atoms with Crippen molar-refractivity contribution in [3.63, 3.8) is 0 Å². The number of hydrogen-bond donors (Lipinski definition) is 2. The van der Waals surface area contributed by atoms with Crippen LogP contribution in [0.2, 0.25) is 0 Å². The highest BCUT2D eigenvalue weighted by atomic mass is 16.5. The molecule has 1 aliphatic carbocycles. The van der Waals surface area contributed by atoms with Gasteiger partial charge in [-0.25, -0.2) is 4.79 Å². The first-order valence-corrected chi connectivity index (χ1v) is 11.1. The van der Waals surface area contributed by atoms with E-state index in [1.807, 2.05) is 0 Å². The molecule has 1 aromatic carbocycles. The molecule has 0 spiro atoms. The summed E-state index contributed by atoms with van der Waals surface area (Å²) in [4.78, 5) is 28.1. The first kappa shape index (κ1) is 21.3. The molecule has 3 amide bonds. The fourth-order valence-electron chi connectivity index (χ4n) is 4.88. The lowest BCUT2D eigenvalue weighted by Crippen LogP contribution is -2.55. The largest absolute Gasteiger partial charge is 0.393 e. The lowest BCUT2D eigenvalue weighted by molar-refractivity contribution is -0.134. The lowest BCUT2D eigenvalue weighted by Gasteiger charge is -2.43. The fourth-order valence-corrected chi connectivity index (χ4v) is 4.88. The molecule has 7 nitrogen and oxygen atoms in total. The Hall–Kier alpha value is -1.96. The molecule has 3 fully saturated rings. The van der Waals surface area contributed by atoms with Crippen molar-refractivity contribution in [2.24, 2.45) is 5.41 Å². The molecule has 0 aromatic heterocycles. The fraction of sp³-hybridized carbons (Fsp3) is 0.652. The van der Waals surface area contributed by atoms with Crippen LogP contribution >= 0.6 is 0 Å². The Bertz CT molecular complexity index is 748. The Morgan fingerprint density at radius 2 is 1.97 bits per heavy atom. The molecule has 4 rings (SSSR count). The number of nitrogens with one attached hydrogen (secondary N) is 1. The van der Waals surface area contributed by atoms with Crippen LogP contribution in [0.15, 0.2) is 30.3 Å². The van der Waals surface area contributed by atoms with Crippen molar-refractivity contribution >= 4 is 11.9 Å². The Morgan fingerprint density at radius 3 is 2.63 bits per heavy atom. The molecule has 2 N–H and O–H groups in total. The molecule has 30 heavy (non-hydrogen) atoms. The van der Waals surface area contributed by atoms with E-state index in [0.29, 0.717) is 44.6 Å². The summed E-state index contributed by atoms with van der Waals surface area (Å²) in [5.41, 5.74) is 1.41. The monoisotopic (exact) mass is 415 g/mol. The van der Waals surface area contributed by atoms with Gasteiger partial charge in [0.2, 0.25) is 5.91 Å². The highest BCUT2D eigenvalue weighted by molar-refractivity contribution is 5.95. The number of rotatable bonds is 6. The van der Waals surface area contributed by atoms with Gasteiger partial charge in [0.1, 0.15) is 0 Å². The zero-order valence-electron chi connectivity index (χ0n) is 17.8. The predicted octanol–water partition coefficient (Wildman–Crippen LogP) is 1.96. The quantitative estimate of drug-likeness (QED) is 0.742. The second-order valence-corrected chi connectivity index (χ2v) is 9.13. The van der Waals surface area contributed by atoms with Crippen molar-refractivity contribution in [1.29, 1.82) is 0 Å². The van der Waals surface area contributed by atoms with E-state index in [1.54, 1.807) is 12.0 Å². The minimum atomic E-state index is -0.620. The molecular formula is C23H33N3O4. The van der Waals surface area contributed by atoms with Crippen LogP contribution in [-0.4, -0.2) is 78.9 Å². The van der Waals surface area contributed by atoms with Crippen LogP contribution in [0, 0.1) is 5.41 Å². The van der Waals surface area contributed by atoms with Crippen LogP contribution in [0.5, 0.6) is 0 Å². The Balaban J connectivity index is 1.29. The van der Waals surface area contributed by atoms with E-state index in [4.69, 9.17) is 4.74 Å². The van der Waals surface area contributed by atoms with Gasteiger partial charge in [0, 0.05) is 50.7 Å². The van der Waals surface area contributed by atoms with Gasteiger partial charge in [0.25, 0.3) is 0 Å². The highest BCUT2D eigenvalue weighted by Crippen LogP contribution is 2.42. The first-order chi connectivity index (χ1) is 14.5. The Morgan fingerprint density at radius 1 is 1.23 bits per heavy atom. The van der Waals surface area contributed by atoms with Crippen LogP contribution in [0.25, 0.3) is 0 Å². The smallest absolute Gasteiger partial charge is 0.326 e. The number of aliphatic hydroxyl groups is 1. The predicted molar refractivity (Wildman–Crippen MR) is 113 cm³/mol. The number of hydrogen-bond acceptors (Lipinski definition) is 5. The summed E-state index contributed by atoms with van der Waals surface area (Å²) in [6.45, 7) is 3.11. The summed E-state index contributed by atoms with van der Waals surface area (Å²) in [7, 11) is 1.74. The number of amides is 3. The van der Waals surface area contributed by atoms with Gasteiger partial charge in [-0.15, -0.1) is 0 Å². The van der Waals surface area contributed by atoms with Gasteiger partial charge >= 0.3 is 6.03 Å².